The number of nitrogens with zero attached hydrogens (tertiary/aromatic N) is 7. The molecule has 6 rings (SSSR count). The van der Waals surface area contributed by atoms with Crippen LogP contribution in [0.3, 0.4) is 0 Å². The lowest BCUT2D eigenvalue weighted by Gasteiger charge is -2.37. The Morgan fingerprint density at radius 2 is 2.09 bits per heavy atom. The van der Waals surface area contributed by atoms with Crippen LogP contribution in [0.1, 0.15) is 49.0 Å². The molecule has 0 saturated carbocycles. The third-order valence-electron chi connectivity index (χ3n) is 7.31. The van der Waals surface area contributed by atoms with Crippen molar-refractivity contribution >= 4 is 17.1 Å². The fourth-order valence-electron chi connectivity index (χ4n) is 5.72. The van der Waals surface area contributed by atoms with Crippen molar-refractivity contribution in [2.75, 3.05) is 18.0 Å². The van der Waals surface area contributed by atoms with Crippen LogP contribution in [-0.4, -0.2) is 55.4 Å². The number of carbonyl (C=O) groups is 1. The second-order valence-electron chi connectivity index (χ2n) is 9.34. The van der Waals surface area contributed by atoms with Crippen molar-refractivity contribution < 1.29 is 9.18 Å². The molecule has 1 fully saturated rings. The van der Waals surface area contributed by atoms with E-state index < -0.39 is 5.82 Å². The van der Waals surface area contributed by atoms with Crippen molar-refractivity contribution in [3.8, 4) is 6.07 Å². The van der Waals surface area contributed by atoms with Gasteiger partial charge in [-0.15, -0.1) is 0 Å². The Labute approximate surface area is 190 Å². The lowest BCUT2D eigenvalue weighted by atomic mass is 9.95. The number of hydrogen-bond acceptors (Lipinski definition) is 6. The Kier molecular flexibility index (Phi) is 4.45. The van der Waals surface area contributed by atoms with Gasteiger partial charge in [0.25, 0.3) is 0 Å². The van der Waals surface area contributed by atoms with Gasteiger partial charge in [-0.25, -0.2) is 8.91 Å². The van der Waals surface area contributed by atoms with Gasteiger partial charge < -0.3 is 10.2 Å². The Bertz CT molecular complexity index is 1320. The van der Waals surface area contributed by atoms with E-state index in [9.17, 15) is 14.4 Å². The summed E-state index contributed by atoms with van der Waals surface area (Å²) in [4.78, 5) is 16.7. The van der Waals surface area contributed by atoms with Crippen LogP contribution in [0.4, 0.5) is 10.1 Å². The van der Waals surface area contributed by atoms with Gasteiger partial charge in [0, 0.05) is 31.2 Å². The summed E-state index contributed by atoms with van der Waals surface area (Å²) in [5.74, 6) is -0.323. The first-order valence-corrected chi connectivity index (χ1v) is 11.4. The number of amides is 1. The Hall–Kier alpha value is -3.45. The number of anilines is 1. The molecule has 33 heavy (non-hydrogen) atoms. The van der Waals surface area contributed by atoms with Crippen LogP contribution in [0.15, 0.2) is 18.3 Å². The molecule has 170 valence electrons. The van der Waals surface area contributed by atoms with E-state index in [1.807, 2.05) is 6.07 Å². The van der Waals surface area contributed by atoms with E-state index in [-0.39, 0.29) is 24.0 Å². The summed E-state index contributed by atoms with van der Waals surface area (Å²) in [5, 5.41) is 21.4. The van der Waals surface area contributed by atoms with Crippen LogP contribution in [0.2, 0.25) is 0 Å². The highest BCUT2D eigenvalue weighted by atomic mass is 19.1. The molecule has 3 atom stereocenters. The molecular weight excluding hydrogens is 423 g/mol. The number of nitriles is 1. The van der Waals surface area contributed by atoms with Crippen LogP contribution in [0.25, 0.3) is 5.52 Å². The zero-order valence-electron chi connectivity index (χ0n) is 18.6. The highest BCUT2D eigenvalue weighted by Crippen LogP contribution is 2.36. The maximum Gasteiger partial charge on any atom is 0.237 e. The number of fused-ring (bicyclic) bond motifs is 4. The maximum atomic E-state index is 14.7. The summed E-state index contributed by atoms with van der Waals surface area (Å²) in [6.45, 7) is 6.97. The highest BCUT2D eigenvalue weighted by molar-refractivity contribution is 5.83. The van der Waals surface area contributed by atoms with E-state index in [1.165, 1.54) is 10.1 Å². The molecule has 0 radical (unpaired) electrons. The number of rotatable bonds is 2. The average Bonchev–Trinajstić information content (AvgIpc) is 3.50. The smallest absolute Gasteiger partial charge is 0.237 e. The third kappa shape index (κ3) is 2.95. The first-order chi connectivity index (χ1) is 16.0. The maximum absolute atomic E-state index is 14.7. The number of hydrogen-bond donors (Lipinski definition) is 1. The molecule has 0 unspecified atom stereocenters. The predicted molar refractivity (Wildman–Crippen MR) is 118 cm³/mol. The molecular formula is C23H25FN8O. The van der Waals surface area contributed by atoms with Crippen molar-refractivity contribution in [3.63, 3.8) is 0 Å². The molecule has 6 heterocycles. The minimum Gasteiger partial charge on any atom is -0.362 e. The van der Waals surface area contributed by atoms with Gasteiger partial charge in [-0.3, -0.25) is 14.4 Å². The van der Waals surface area contributed by atoms with Gasteiger partial charge in [0.15, 0.2) is 5.82 Å². The van der Waals surface area contributed by atoms with Crippen LogP contribution < -0.4 is 10.2 Å². The number of halogens is 1. The monoisotopic (exact) mass is 448 g/mol. The standard InChI is InChI=1S/C23H25FN8O/c1-13-7-16-18(11-30(13)20-5-6-26-23(20)33)28-31-14(2)10-29(12-21(16)31)19-4-3-15(8-25)32-22(19)17(24)9-27-32/h3-4,9,13-14,20H,5-7,10-12H2,1-2H3,(H,26,33)/t13-,14+,20-/m0/s1. The minimum absolute atomic E-state index is 0.0856. The van der Waals surface area contributed by atoms with E-state index >= 15 is 0 Å². The molecule has 1 amide bonds. The SMILES string of the molecule is C[C@@H]1CN(c2ccc(C#N)n3ncc(F)c23)Cc2c3c(nn21)CN([C@H]1CCNC1=O)[C@@H](C)C3. The van der Waals surface area contributed by atoms with E-state index in [1.54, 1.807) is 6.07 Å². The van der Waals surface area contributed by atoms with Crippen LogP contribution in [0.5, 0.6) is 0 Å². The number of pyridine rings is 1. The minimum atomic E-state index is -0.435. The zero-order valence-corrected chi connectivity index (χ0v) is 18.6. The Morgan fingerprint density at radius 3 is 2.85 bits per heavy atom. The van der Waals surface area contributed by atoms with Gasteiger partial charge in [-0.1, -0.05) is 0 Å². The normalized spacial score (nSPS) is 25.1. The van der Waals surface area contributed by atoms with Crippen molar-refractivity contribution in [1.82, 2.24) is 29.6 Å². The highest BCUT2D eigenvalue weighted by Gasteiger charge is 2.39. The summed E-state index contributed by atoms with van der Waals surface area (Å²) in [5.41, 5.74) is 4.79. The van der Waals surface area contributed by atoms with Crippen molar-refractivity contribution in [2.24, 2.45) is 0 Å². The largest absolute Gasteiger partial charge is 0.362 e. The Balaban J connectivity index is 1.37. The molecule has 0 aromatic carbocycles. The quantitative estimate of drug-likeness (QED) is 0.642. The van der Waals surface area contributed by atoms with Gasteiger partial charge >= 0.3 is 0 Å². The number of carbonyl (C=O) groups excluding carboxylic acids is 1. The van der Waals surface area contributed by atoms with E-state index in [2.05, 4.69) is 44.8 Å². The first-order valence-electron chi connectivity index (χ1n) is 11.4. The van der Waals surface area contributed by atoms with Crippen LogP contribution >= 0.6 is 0 Å². The fourth-order valence-corrected chi connectivity index (χ4v) is 5.72. The molecule has 0 aliphatic carbocycles. The molecule has 3 aliphatic heterocycles. The number of nitrogens with one attached hydrogen (secondary N) is 1. The zero-order chi connectivity index (χ0) is 22.9. The fraction of sp³-hybridized carbons (Fsp3) is 0.478. The van der Waals surface area contributed by atoms with Crippen LogP contribution in [-0.2, 0) is 24.3 Å². The molecule has 1 saturated heterocycles. The average molecular weight is 449 g/mol. The summed E-state index contributed by atoms with van der Waals surface area (Å²) < 4.78 is 18.2. The van der Waals surface area contributed by atoms with Gasteiger partial charge in [0.1, 0.15) is 17.3 Å². The molecule has 3 aliphatic rings. The Morgan fingerprint density at radius 1 is 1.24 bits per heavy atom. The van der Waals surface area contributed by atoms with Gasteiger partial charge in [-0.05, 0) is 38.8 Å². The van der Waals surface area contributed by atoms with Crippen LogP contribution in [0, 0.1) is 17.1 Å². The summed E-state index contributed by atoms with van der Waals surface area (Å²) in [6.07, 6.45) is 2.83. The lowest BCUT2D eigenvalue weighted by molar-refractivity contribution is -0.124. The molecule has 10 heteroatoms. The van der Waals surface area contributed by atoms with E-state index in [0.29, 0.717) is 30.8 Å². The second kappa shape index (κ2) is 7.28. The van der Waals surface area contributed by atoms with Gasteiger partial charge in [0.05, 0.1) is 41.9 Å². The van der Waals surface area contributed by atoms with E-state index in [4.69, 9.17) is 5.10 Å². The first kappa shape index (κ1) is 20.2. The predicted octanol–water partition coefficient (Wildman–Crippen LogP) is 1.76. The molecule has 3 aromatic rings. The second-order valence-corrected chi connectivity index (χ2v) is 9.34. The summed E-state index contributed by atoms with van der Waals surface area (Å²) in [7, 11) is 0. The molecule has 0 bridgehead atoms. The lowest BCUT2D eigenvalue weighted by Crippen LogP contribution is -2.48. The van der Waals surface area contributed by atoms with Crippen molar-refractivity contribution in [3.05, 3.63) is 46.8 Å². The molecule has 9 nitrogen and oxygen atoms in total. The third-order valence-corrected chi connectivity index (χ3v) is 7.31. The summed E-state index contributed by atoms with van der Waals surface area (Å²) in [6, 6.07) is 5.83. The van der Waals surface area contributed by atoms with Gasteiger partial charge in [-0.2, -0.15) is 15.5 Å². The van der Waals surface area contributed by atoms with Crippen molar-refractivity contribution in [1.29, 1.82) is 5.26 Å². The number of aromatic nitrogens is 4. The van der Waals surface area contributed by atoms with Crippen molar-refractivity contribution in [2.45, 2.75) is 57.9 Å². The topological polar surface area (TPSA) is 94.5 Å². The molecule has 3 aromatic heterocycles. The summed E-state index contributed by atoms with van der Waals surface area (Å²) >= 11 is 0. The van der Waals surface area contributed by atoms with E-state index in [0.717, 1.165) is 42.7 Å². The molecule has 1 N–H and O–H groups in total. The molecule has 0 spiro atoms. The van der Waals surface area contributed by atoms with Gasteiger partial charge in [0.2, 0.25) is 5.91 Å².